The second-order valence-electron chi connectivity index (χ2n) is 8.11. The highest BCUT2D eigenvalue weighted by molar-refractivity contribution is 5.80. The normalized spacial score (nSPS) is 20.7. The monoisotopic (exact) mass is 395 g/mol. The van der Waals surface area contributed by atoms with Crippen molar-refractivity contribution in [2.75, 3.05) is 51.2 Å². The zero-order chi connectivity index (χ0) is 20.2. The number of amides is 1. The summed E-state index contributed by atoms with van der Waals surface area (Å²) in [6.07, 6.45) is 3.63. The molecular formula is C22H29N5O2. The number of rotatable bonds is 4. The lowest BCUT2D eigenvalue weighted by atomic mass is 9.96. The number of carbonyl (C=O) groups excluding carboxylic acids is 1. The van der Waals surface area contributed by atoms with E-state index in [0.29, 0.717) is 13.1 Å². The van der Waals surface area contributed by atoms with E-state index in [-0.39, 0.29) is 17.4 Å². The summed E-state index contributed by atoms with van der Waals surface area (Å²) < 4.78 is 1.48. The van der Waals surface area contributed by atoms with Crippen molar-refractivity contribution in [1.29, 1.82) is 0 Å². The van der Waals surface area contributed by atoms with E-state index in [9.17, 15) is 9.59 Å². The average molecular weight is 396 g/mol. The van der Waals surface area contributed by atoms with E-state index >= 15 is 0 Å². The van der Waals surface area contributed by atoms with Gasteiger partial charge in [0.05, 0.1) is 24.3 Å². The quantitative estimate of drug-likeness (QED) is 0.781. The SMILES string of the molecule is CN1CCN(C(=O)[C@H]2CCCN(c3cnn(Cc4ccccc4)c(=O)c3)C2)CC1. The molecule has 2 saturated heterocycles. The van der Waals surface area contributed by atoms with Gasteiger partial charge in [0.15, 0.2) is 0 Å². The summed E-state index contributed by atoms with van der Waals surface area (Å²) in [6, 6.07) is 11.5. The van der Waals surface area contributed by atoms with Gasteiger partial charge in [-0.1, -0.05) is 30.3 Å². The van der Waals surface area contributed by atoms with Crippen LogP contribution < -0.4 is 10.5 Å². The van der Waals surface area contributed by atoms with Crippen LogP contribution >= 0.6 is 0 Å². The third-order valence-corrected chi connectivity index (χ3v) is 5.98. The van der Waals surface area contributed by atoms with Crippen LogP contribution in [0.25, 0.3) is 0 Å². The Balaban J connectivity index is 1.42. The van der Waals surface area contributed by atoms with E-state index in [1.807, 2.05) is 35.2 Å². The van der Waals surface area contributed by atoms with Gasteiger partial charge in [0.2, 0.25) is 5.91 Å². The number of anilines is 1. The first kappa shape index (κ1) is 19.6. The fourth-order valence-electron chi connectivity index (χ4n) is 4.17. The zero-order valence-corrected chi connectivity index (χ0v) is 17.0. The summed E-state index contributed by atoms with van der Waals surface area (Å²) in [4.78, 5) is 31.9. The van der Waals surface area contributed by atoms with Crippen molar-refractivity contribution in [3.8, 4) is 0 Å². The molecule has 0 spiro atoms. The lowest BCUT2D eigenvalue weighted by Crippen LogP contribution is -2.51. The molecule has 2 aliphatic heterocycles. The number of piperazine rings is 1. The Kier molecular flexibility index (Phi) is 5.94. The number of carbonyl (C=O) groups is 1. The molecule has 2 aliphatic rings. The predicted molar refractivity (Wildman–Crippen MR) is 113 cm³/mol. The van der Waals surface area contributed by atoms with Gasteiger partial charge in [0, 0.05) is 45.3 Å². The fourth-order valence-corrected chi connectivity index (χ4v) is 4.17. The van der Waals surface area contributed by atoms with Gasteiger partial charge in [-0.3, -0.25) is 9.59 Å². The van der Waals surface area contributed by atoms with Crippen LogP contribution in [0.3, 0.4) is 0 Å². The lowest BCUT2D eigenvalue weighted by molar-refractivity contribution is -0.137. The number of likely N-dealkylation sites (N-methyl/N-ethyl adjacent to an activating group) is 1. The van der Waals surface area contributed by atoms with Crippen molar-refractivity contribution in [2.24, 2.45) is 5.92 Å². The van der Waals surface area contributed by atoms with E-state index in [1.54, 1.807) is 12.3 Å². The summed E-state index contributed by atoms with van der Waals surface area (Å²) >= 11 is 0. The molecule has 0 bridgehead atoms. The first-order chi connectivity index (χ1) is 14.1. The van der Waals surface area contributed by atoms with Crippen molar-refractivity contribution in [3.63, 3.8) is 0 Å². The predicted octanol–water partition coefficient (Wildman–Crippen LogP) is 1.28. The van der Waals surface area contributed by atoms with Crippen LogP contribution in [-0.4, -0.2) is 71.8 Å². The van der Waals surface area contributed by atoms with E-state index in [4.69, 9.17) is 0 Å². The molecule has 1 aromatic heterocycles. The Morgan fingerprint density at radius 3 is 2.59 bits per heavy atom. The van der Waals surface area contributed by atoms with Crippen molar-refractivity contribution in [1.82, 2.24) is 19.6 Å². The minimum atomic E-state index is -0.112. The maximum absolute atomic E-state index is 13.0. The highest BCUT2D eigenvalue weighted by Gasteiger charge is 2.31. The molecule has 7 heteroatoms. The van der Waals surface area contributed by atoms with Crippen molar-refractivity contribution >= 4 is 11.6 Å². The minimum absolute atomic E-state index is 0.00101. The molecule has 2 aromatic rings. The molecule has 29 heavy (non-hydrogen) atoms. The van der Waals surface area contributed by atoms with Gasteiger partial charge in [-0.2, -0.15) is 5.10 Å². The molecule has 0 saturated carbocycles. The maximum Gasteiger partial charge on any atom is 0.269 e. The summed E-state index contributed by atoms with van der Waals surface area (Å²) in [5, 5.41) is 4.38. The van der Waals surface area contributed by atoms with Crippen molar-refractivity contribution < 1.29 is 4.79 Å². The van der Waals surface area contributed by atoms with Crippen LogP contribution in [0.5, 0.6) is 0 Å². The average Bonchev–Trinajstić information content (AvgIpc) is 2.76. The van der Waals surface area contributed by atoms with Crippen LogP contribution in [0.4, 0.5) is 5.69 Å². The van der Waals surface area contributed by atoms with Crippen LogP contribution in [0.15, 0.2) is 47.4 Å². The highest BCUT2D eigenvalue weighted by Crippen LogP contribution is 2.23. The smallest absolute Gasteiger partial charge is 0.269 e. The molecule has 3 heterocycles. The molecule has 0 aliphatic carbocycles. The standard InChI is InChI=1S/C22H29N5O2/c1-24-10-12-25(13-11-24)22(29)19-8-5-9-26(17-19)20-14-21(28)27(23-15-20)16-18-6-3-2-4-7-18/h2-4,6-7,14-15,19H,5,8-13,16-17H2,1H3/t19-/m0/s1. The van der Waals surface area contributed by atoms with Gasteiger partial charge in [0.25, 0.3) is 5.56 Å². The Hall–Kier alpha value is -2.67. The number of nitrogens with zero attached hydrogens (tertiary/aromatic N) is 5. The van der Waals surface area contributed by atoms with Crippen LogP contribution in [0.2, 0.25) is 0 Å². The molecule has 1 atom stereocenters. The van der Waals surface area contributed by atoms with Gasteiger partial charge < -0.3 is 14.7 Å². The third kappa shape index (κ3) is 4.67. The van der Waals surface area contributed by atoms with Gasteiger partial charge in [-0.05, 0) is 25.5 Å². The summed E-state index contributed by atoms with van der Waals surface area (Å²) in [5.41, 5.74) is 1.75. The number of hydrogen-bond donors (Lipinski definition) is 0. The molecule has 0 unspecified atom stereocenters. The molecule has 0 N–H and O–H groups in total. The molecule has 154 valence electrons. The second-order valence-corrected chi connectivity index (χ2v) is 8.11. The molecule has 1 amide bonds. The van der Waals surface area contributed by atoms with E-state index in [0.717, 1.165) is 56.8 Å². The first-order valence-corrected chi connectivity index (χ1v) is 10.4. The largest absolute Gasteiger partial charge is 0.369 e. The van der Waals surface area contributed by atoms with E-state index in [2.05, 4.69) is 21.9 Å². The third-order valence-electron chi connectivity index (χ3n) is 5.98. The topological polar surface area (TPSA) is 61.7 Å². The highest BCUT2D eigenvalue weighted by atomic mass is 16.2. The van der Waals surface area contributed by atoms with Crippen LogP contribution in [0, 0.1) is 5.92 Å². The minimum Gasteiger partial charge on any atom is -0.369 e. The van der Waals surface area contributed by atoms with Crippen LogP contribution in [-0.2, 0) is 11.3 Å². The Morgan fingerprint density at radius 1 is 1.10 bits per heavy atom. The van der Waals surface area contributed by atoms with Crippen molar-refractivity contribution in [3.05, 3.63) is 58.5 Å². The summed E-state index contributed by atoms with van der Waals surface area (Å²) in [5.74, 6) is 0.257. The Morgan fingerprint density at radius 2 is 1.86 bits per heavy atom. The van der Waals surface area contributed by atoms with Crippen molar-refractivity contribution in [2.45, 2.75) is 19.4 Å². The number of aromatic nitrogens is 2. The number of hydrogen-bond acceptors (Lipinski definition) is 5. The molecular weight excluding hydrogens is 366 g/mol. The van der Waals surface area contributed by atoms with Gasteiger partial charge in [-0.15, -0.1) is 0 Å². The van der Waals surface area contributed by atoms with Gasteiger partial charge >= 0.3 is 0 Å². The summed E-state index contributed by atoms with van der Waals surface area (Å²) in [6.45, 7) is 5.47. The Labute approximate surface area is 171 Å². The summed E-state index contributed by atoms with van der Waals surface area (Å²) in [7, 11) is 2.09. The fraction of sp³-hybridized carbons (Fsp3) is 0.500. The molecule has 2 fully saturated rings. The zero-order valence-electron chi connectivity index (χ0n) is 17.0. The van der Waals surface area contributed by atoms with Gasteiger partial charge in [0.1, 0.15) is 0 Å². The van der Waals surface area contributed by atoms with E-state index in [1.165, 1.54) is 4.68 Å². The van der Waals surface area contributed by atoms with Gasteiger partial charge in [-0.25, -0.2) is 4.68 Å². The molecule has 0 radical (unpaired) electrons. The molecule has 1 aromatic carbocycles. The maximum atomic E-state index is 13.0. The molecule has 7 nitrogen and oxygen atoms in total. The van der Waals surface area contributed by atoms with Crippen LogP contribution in [0.1, 0.15) is 18.4 Å². The lowest BCUT2D eigenvalue weighted by Gasteiger charge is -2.38. The number of piperidine rings is 1. The molecule has 4 rings (SSSR count). The van der Waals surface area contributed by atoms with E-state index < -0.39 is 0 Å². The Bertz CT molecular complexity index is 890. The first-order valence-electron chi connectivity index (χ1n) is 10.4. The second kappa shape index (κ2) is 8.78. The number of benzene rings is 1.